The van der Waals surface area contributed by atoms with Gasteiger partial charge in [0.1, 0.15) is 11.6 Å². The fourth-order valence-electron chi connectivity index (χ4n) is 1.89. The van der Waals surface area contributed by atoms with Gasteiger partial charge in [-0.3, -0.25) is 4.85 Å². The Morgan fingerprint density at radius 1 is 1.00 bits per heavy atom. The SMILES string of the molecule is Fc1cccc(Br)c1.[C-]#[N+]C(C(=O)OCC)c1cccc(F)c1.[C-]#[N+]CC(=O)OCC. The summed E-state index contributed by atoms with van der Waals surface area (Å²) < 4.78 is 34.9. The highest BCUT2D eigenvalue weighted by Gasteiger charge is 2.27. The predicted molar refractivity (Wildman–Crippen MR) is 115 cm³/mol. The van der Waals surface area contributed by atoms with E-state index in [0.29, 0.717) is 12.2 Å². The molecule has 0 saturated carbocycles. The first-order chi connectivity index (χ1) is 14.8. The third-order valence-electron chi connectivity index (χ3n) is 3.10. The summed E-state index contributed by atoms with van der Waals surface area (Å²) in [5.74, 6) is -1.76. The maximum atomic E-state index is 12.9. The van der Waals surface area contributed by atoms with E-state index in [-0.39, 0.29) is 19.0 Å². The minimum Gasteiger partial charge on any atom is -0.460 e. The average molecular weight is 495 g/mol. The smallest absolute Gasteiger partial charge is 0.395 e. The molecule has 0 aliphatic heterocycles. The molecule has 0 aliphatic rings. The van der Waals surface area contributed by atoms with Gasteiger partial charge in [0.2, 0.25) is 0 Å². The van der Waals surface area contributed by atoms with E-state index in [9.17, 15) is 18.4 Å². The standard InChI is InChI=1S/C11H10FNO2.C6H4BrF.C5H7NO2/c1-3-15-11(14)10(13-2)8-5-4-6-9(12)7-8;7-5-2-1-3-6(8)4-5;1-3-8-5(7)4-6-2/h4-7,10H,3H2,1H3;1-4H;3-4H2,1H3. The molecule has 0 heterocycles. The van der Waals surface area contributed by atoms with Crippen LogP contribution in [0.4, 0.5) is 8.78 Å². The lowest BCUT2D eigenvalue weighted by atomic mass is 10.1. The Morgan fingerprint density at radius 3 is 2.00 bits per heavy atom. The van der Waals surface area contributed by atoms with Gasteiger partial charge in [-0.2, -0.15) is 0 Å². The van der Waals surface area contributed by atoms with Crippen LogP contribution in [0.25, 0.3) is 9.69 Å². The highest BCUT2D eigenvalue weighted by molar-refractivity contribution is 9.10. The van der Waals surface area contributed by atoms with Gasteiger partial charge in [-0.1, -0.05) is 34.1 Å². The zero-order valence-corrected chi connectivity index (χ0v) is 18.6. The summed E-state index contributed by atoms with van der Waals surface area (Å²) in [5.41, 5.74) is 0.323. The van der Waals surface area contributed by atoms with Crippen molar-refractivity contribution in [2.24, 2.45) is 0 Å². The Labute approximate surface area is 188 Å². The molecule has 0 aromatic heterocycles. The molecule has 1 atom stereocenters. The summed E-state index contributed by atoms with van der Waals surface area (Å²) in [6, 6.07) is 10.6. The number of carbonyl (C=O) groups excluding carboxylic acids is 2. The van der Waals surface area contributed by atoms with Gasteiger partial charge in [0.15, 0.2) is 0 Å². The Balaban J connectivity index is 0.000000477. The summed E-state index contributed by atoms with van der Waals surface area (Å²) in [6.45, 7) is 16.9. The second-order valence-corrected chi connectivity index (χ2v) is 6.32. The fraction of sp³-hybridized carbons (Fsp3) is 0.273. The summed E-state index contributed by atoms with van der Waals surface area (Å²) in [5, 5.41) is 0. The number of rotatable bonds is 5. The summed E-state index contributed by atoms with van der Waals surface area (Å²) >= 11 is 3.12. The van der Waals surface area contributed by atoms with Crippen molar-refractivity contribution >= 4 is 27.9 Å². The van der Waals surface area contributed by atoms with Gasteiger partial charge in [0.25, 0.3) is 0 Å². The molecule has 6 nitrogen and oxygen atoms in total. The first kappa shape index (κ1) is 27.7. The third-order valence-corrected chi connectivity index (χ3v) is 3.60. The molecular weight excluding hydrogens is 474 g/mol. The van der Waals surface area contributed by atoms with Gasteiger partial charge in [0.05, 0.1) is 13.2 Å². The molecule has 2 aromatic rings. The molecule has 0 aliphatic carbocycles. The number of esters is 2. The van der Waals surface area contributed by atoms with E-state index >= 15 is 0 Å². The number of benzene rings is 2. The third kappa shape index (κ3) is 12.8. The maximum Gasteiger partial charge on any atom is 0.395 e. The summed E-state index contributed by atoms with van der Waals surface area (Å²) in [7, 11) is 0. The van der Waals surface area contributed by atoms with Crippen LogP contribution in [0.15, 0.2) is 53.0 Å². The largest absolute Gasteiger partial charge is 0.460 e. The van der Waals surface area contributed by atoms with E-state index in [2.05, 4.69) is 30.4 Å². The predicted octanol–water partition coefficient (Wildman–Crippen LogP) is 5.41. The lowest BCUT2D eigenvalue weighted by molar-refractivity contribution is -0.144. The monoisotopic (exact) mass is 494 g/mol. The van der Waals surface area contributed by atoms with E-state index < -0.39 is 23.8 Å². The molecule has 0 spiro atoms. The van der Waals surface area contributed by atoms with Crippen LogP contribution >= 0.6 is 15.9 Å². The van der Waals surface area contributed by atoms with Crippen LogP contribution in [-0.2, 0) is 19.1 Å². The van der Waals surface area contributed by atoms with Crippen molar-refractivity contribution in [2.45, 2.75) is 19.9 Å². The molecular formula is C22H21BrF2N2O4. The van der Waals surface area contributed by atoms with Crippen LogP contribution in [0.5, 0.6) is 0 Å². The van der Waals surface area contributed by atoms with Crippen LogP contribution < -0.4 is 0 Å². The number of nitrogens with zero attached hydrogens (tertiary/aromatic N) is 2. The Bertz CT molecular complexity index is 909. The minimum atomic E-state index is -1.07. The lowest BCUT2D eigenvalue weighted by Crippen LogP contribution is -2.13. The molecule has 0 saturated heterocycles. The quantitative estimate of drug-likeness (QED) is 0.412. The minimum absolute atomic E-state index is 0.159. The molecule has 31 heavy (non-hydrogen) atoms. The van der Waals surface area contributed by atoms with Crippen molar-refractivity contribution in [3.05, 3.63) is 93.0 Å². The molecule has 9 heteroatoms. The second kappa shape index (κ2) is 16.5. The lowest BCUT2D eigenvalue weighted by Gasteiger charge is -2.04. The highest BCUT2D eigenvalue weighted by atomic mass is 79.9. The molecule has 0 bridgehead atoms. The fourth-order valence-corrected chi connectivity index (χ4v) is 2.26. The van der Waals surface area contributed by atoms with Crippen LogP contribution in [0.1, 0.15) is 25.5 Å². The number of hydrogen-bond donors (Lipinski definition) is 0. The van der Waals surface area contributed by atoms with E-state index in [1.165, 1.54) is 36.4 Å². The molecule has 0 radical (unpaired) electrons. The van der Waals surface area contributed by atoms with Crippen LogP contribution in [0.2, 0.25) is 0 Å². The van der Waals surface area contributed by atoms with Crippen LogP contribution in [-0.4, -0.2) is 31.7 Å². The molecule has 2 aromatic carbocycles. The number of hydrogen-bond acceptors (Lipinski definition) is 4. The average Bonchev–Trinajstić information content (AvgIpc) is 2.70. The molecule has 0 fully saturated rings. The molecule has 1 unspecified atom stereocenters. The van der Waals surface area contributed by atoms with E-state index in [1.807, 2.05) is 0 Å². The van der Waals surface area contributed by atoms with Crippen molar-refractivity contribution < 1.29 is 27.8 Å². The van der Waals surface area contributed by atoms with Gasteiger partial charge in [-0.15, -0.1) is 0 Å². The van der Waals surface area contributed by atoms with E-state index in [1.54, 1.807) is 26.0 Å². The van der Waals surface area contributed by atoms with Crippen molar-refractivity contribution in [3.63, 3.8) is 0 Å². The van der Waals surface area contributed by atoms with E-state index in [0.717, 1.165) is 4.47 Å². The summed E-state index contributed by atoms with van der Waals surface area (Å²) in [6.07, 6.45) is 0. The molecule has 0 N–H and O–H groups in total. The summed E-state index contributed by atoms with van der Waals surface area (Å²) in [4.78, 5) is 27.5. The highest BCUT2D eigenvalue weighted by Crippen LogP contribution is 2.19. The number of carbonyl (C=O) groups is 2. The zero-order valence-electron chi connectivity index (χ0n) is 17.0. The first-order valence-corrected chi connectivity index (χ1v) is 9.76. The van der Waals surface area contributed by atoms with Crippen molar-refractivity contribution in [1.82, 2.24) is 0 Å². The molecule has 2 rings (SSSR count). The van der Waals surface area contributed by atoms with Crippen molar-refractivity contribution in [2.75, 3.05) is 19.8 Å². The van der Waals surface area contributed by atoms with Gasteiger partial charge < -0.3 is 14.3 Å². The van der Waals surface area contributed by atoms with Crippen molar-refractivity contribution in [3.8, 4) is 0 Å². The van der Waals surface area contributed by atoms with Gasteiger partial charge in [-0.05, 0) is 44.2 Å². The van der Waals surface area contributed by atoms with Crippen LogP contribution in [0.3, 0.4) is 0 Å². The van der Waals surface area contributed by atoms with Gasteiger partial charge >= 0.3 is 24.5 Å². The first-order valence-electron chi connectivity index (χ1n) is 8.97. The maximum absolute atomic E-state index is 12.9. The normalized spacial score (nSPS) is 9.90. The van der Waals surface area contributed by atoms with E-state index in [4.69, 9.17) is 17.9 Å². The number of ether oxygens (including phenoxy) is 2. The topological polar surface area (TPSA) is 61.3 Å². The zero-order chi connectivity index (χ0) is 23.6. The Morgan fingerprint density at radius 2 is 1.58 bits per heavy atom. The van der Waals surface area contributed by atoms with Crippen LogP contribution in [0, 0.1) is 24.8 Å². The van der Waals surface area contributed by atoms with Gasteiger partial charge in [0, 0.05) is 10.0 Å². The second-order valence-electron chi connectivity index (χ2n) is 5.40. The Kier molecular flexibility index (Phi) is 14.7. The molecule has 0 amide bonds. The molecule has 164 valence electrons. The van der Waals surface area contributed by atoms with Crippen molar-refractivity contribution in [1.29, 1.82) is 0 Å². The van der Waals surface area contributed by atoms with Gasteiger partial charge in [-0.25, -0.2) is 31.5 Å². The Hall–Kier alpha value is -3.30. The number of halogens is 3.